The lowest BCUT2D eigenvalue weighted by atomic mass is 10.2. The maximum Gasteiger partial charge on any atom is 0.422 e. The molecule has 0 aromatic heterocycles. The molecule has 0 aliphatic carbocycles. The third-order valence-electron chi connectivity index (χ3n) is 3.14. The highest BCUT2D eigenvalue weighted by atomic mass is 19.4. The van der Waals surface area contributed by atoms with Crippen molar-refractivity contribution in [3.8, 4) is 5.75 Å². The van der Waals surface area contributed by atoms with Gasteiger partial charge in [-0.2, -0.15) is 13.2 Å². The summed E-state index contributed by atoms with van der Waals surface area (Å²) >= 11 is 0. The van der Waals surface area contributed by atoms with Crippen LogP contribution < -0.4 is 9.64 Å². The largest absolute Gasteiger partial charge is 0.484 e. The third kappa shape index (κ3) is 4.44. The van der Waals surface area contributed by atoms with Crippen molar-refractivity contribution in [3.05, 3.63) is 24.3 Å². The van der Waals surface area contributed by atoms with Gasteiger partial charge in [0, 0.05) is 37.9 Å². The molecule has 8 heteroatoms. The highest BCUT2D eigenvalue weighted by Gasteiger charge is 2.28. The Labute approximate surface area is 119 Å². The Kier molecular flexibility index (Phi) is 4.44. The molecule has 1 aromatic carbocycles. The van der Waals surface area contributed by atoms with Gasteiger partial charge in [-0.1, -0.05) is 6.07 Å². The average Bonchev–Trinajstić information content (AvgIpc) is 2.45. The molecule has 0 atom stereocenters. The normalized spacial score (nSPS) is 16.0. The van der Waals surface area contributed by atoms with Gasteiger partial charge in [0.15, 0.2) is 6.61 Å². The highest BCUT2D eigenvalue weighted by molar-refractivity contribution is 5.65. The Hall–Kier alpha value is -2.12. The van der Waals surface area contributed by atoms with Crippen LogP contribution in [0.4, 0.5) is 23.7 Å². The van der Waals surface area contributed by atoms with E-state index in [0.29, 0.717) is 26.2 Å². The van der Waals surface area contributed by atoms with Gasteiger partial charge in [-0.05, 0) is 12.1 Å². The molecule has 0 bridgehead atoms. The lowest BCUT2D eigenvalue weighted by molar-refractivity contribution is -0.153. The molecule has 1 saturated heterocycles. The molecule has 5 nitrogen and oxygen atoms in total. The van der Waals surface area contributed by atoms with Crippen LogP contribution in [0.1, 0.15) is 0 Å². The minimum atomic E-state index is -4.37. The van der Waals surface area contributed by atoms with E-state index in [0.717, 1.165) is 5.69 Å². The van der Waals surface area contributed by atoms with Crippen LogP contribution in [0.5, 0.6) is 5.75 Å². The maximum absolute atomic E-state index is 12.1. The van der Waals surface area contributed by atoms with Gasteiger partial charge in [0.25, 0.3) is 0 Å². The van der Waals surface area contributed by atoms with Gasteiger partial charge in [-0.15, -0.1) is 0 Å². The molecule has 1 N–H and O–H groups in total. The van der Waals surface area contributed by atoms with Gasteiger partial charge < -0.3 is 19.6 Å². The molecule has 116 valence electrons. The lowest BCUT2D eigenvalue weighted by Gasteiger charge is -2.34. The average molecular weight is 304 g/mol. The van der Waals surface area contributed by atoms with Gasteiger partial charge in [-0.25, -0.2) is 4.79 Å². The van der Waals surface area contributed by atoms with E-state index in [1.807, 2.05) is 4.90 Å². The summed E-state index contributed by atoms with van der Waals surface area (Å²) in [5.74, 6) is 0.144. The minimum Gasteiger partial charge on any atom is -0.484 e. The van der Waals surface area contributed by atoms with E-state index in [9.17, 15) is 18.0 Å². The SMILES string of the molecule is O=C(O)N1CCN(c2cccc(OCC(F)(F)F)c2)CC1. The van der Waals surface area contributed by atoms with E-state index in [2.05, 4.69) is 0 Å². The first-order valence-electron chi connectivity index (χ1n) is 6.37. The van der Waals surface area contributed by atoms with Gasteiger partial charge in [0.05, 0.1) is 0 Å². The second-order valence-corrected chi connectivity index (χ2v) is 4.66. The Morgan fingerprint density at radius 2 is 1.90 bits per heavy atom. The smallest absolute Gasteiger partial charge is 0.422 e. The number of anilines is 1. The van der Waals surface area contributed by atoms with Crippen LogP contribution >= 0.6 is 0 Å². The summed E-state index contributed by atoms with van der Waals surface area (Å²) in [7, 11) is 0. The quantitative estimate of drug-likeness (QED) is 0.932. The number of carboxylic acid groups (broad SMARTS) is 1. The number of carbonyl (C=O) groups is 1. The Balaban J connectivity index is 1.97. The molecule has 1 heterocycles. The van der Waals surface area contributed by atoms with Gasteiger partial charge >= 0.3 is 12.3 Å². The molecule has 0 unspecified atom stereocenters. The summed E-state index contributed by atoms with van der Waals surface area (Å²) in [4.78, 5) is 14.0. The van der Waals surface area contributed by atoms with Crippen LogP contribution in [-0.4, -0.2) is 55.1 Å². The first-order chi connectivity index (χ1) is 9.85. The molecule has 2 rings (SSSR count). The summed E-state index contributed by atoms with van der Waals surface area (Å²) in [5, 5.41) is 8.87. The predicted octanol–water partition coefficient (Wildman–Crippen LogP) is 2.43. The van der Waals surface area contributed by atoms with Crippen molar-refractivity contribution >= 4 is 11.8 Å². The molecule has 1 aromatic rings. The number of piperazine rings is 1. The topological polar surface area (TPSA) is 53.0 Å². The Morgan fingerprint density at radius 1 is 1.24 bits per heavy atom. The molecular weight excluding hydrogens is 289 g/mol. The second kappa shape index (κ2) is 6.11. The molecule has 0 spiro atoms. The van der Waals surface area contributed by atoms with E-state index in [4.69, 9.17) is 9.84 Å². The van der Waals surface area contributed by atoms with Crippen molar-refractivity contribution in [2.45, 2.75) is 6.18 Å². The number of nitrogens with zero attached hydrogens (tertiary/aromatic N) is 2. The van der Waals surface area contributed by atoms with E-state index in [1.165, 1.54) is 17.0 Å². The summed E-state index contributed by atoms with van der Waals surface area (Å²) < 4.78 is 41.1. The van der Waals surface area contributed by atoms with Gasteiger partial charge in [0.1, 0.15) is 5.75 Å². The summed E-state index contributed by atoms with van der Waals surface area (Å²) in [5.41, 5.74) is 0.722. The zero-order valence-electron chi connectivity index (χ0n) is 11.1. The number of amides is 1. The minimum absolute atomic E-state index is 0.144. The number of ether oxygens (including phenoxy) is 1. The van der Waals surface area contributed by atoms with E-state index >= 15 is 0 Å². The molecule has 0 radical (unpaired) electrons. The van der Waals surface area contributed by atoms with Crippen molar-refractivity contribution in [2.24, 2.45) is 0 Å². The van der Waals surface area contributed by atoms with Gasteiger partial charge in [-0.3, -0.25) is 0 Å². The lowest BCUT2D eigenvalue weighted by Crippen LogP contribution is -2.48. The monoisotopic (exact) mass is 304 g/mol. The van der Waals surface area contributed by atoms with Gasteiger partial charge in [0.2, 0.25) is 0 Å². The van der Waals surface area contributed by atoms with Crippen molar-refractivity contribution < 1.29 is 27.8 Å². The fourth-order valence-electron chi connectivity index (χ4n) is 2.09. The number of benzene rings is 1. The standard InChI is InChI=1S/C13H15F3N2O3/c14-13(15,16)9-21-11-3-1-2-10(8-11)17-4-6-18(7-5-17)12(19)20/h1-3,8H,4-7,9H2,(H,19,20). The summed E-state index contributed by atoms with van der Waals surface area (Å²) in [6.45, 7) is 0.388. The van der Waals surface area contributed by atoms with E-state index in [1.54, 1.807) is 12.1 Å². The van der Waals surface area contributed by atoms with E-state index in [-0.39, 0.29) is 5.75 Å². The number of hydrogen-bond donors (Lipinski definition) is 1. The molecule has 1 amide bonds. The zero-order valence-corrected chi connectivity index (χ0v) is 11.1. The molecule has 1 aliphatic rings. The van der Waals surface area contributed by atoms with Crippen LogP contribution in [0.15, 0.2) is 24.3 Å². The molecule has 1 aliphatic heterocycles. The van der Waals surface area contributed by atoms with Crippen LogP contribution in [0.2, 0.25) is 0 Å². The van der Waals surface area contributed by atoms with Crippen LogP contribution in [0.25, 0.3) is 0 Å². The Bertz CT molecular complexity index is 500. The number of hydrogen-bond acceptors (Lipinski definition) is 3. The third-order valence-corrected chi connectivity index (χ3v) is 3.14. The van der Waals surface area contributed by atoms with Crippen molar-refractivity contribution in [3.63, 3.8) is 0 Å². The van der Waals surface area contributed by atoms with Crippen molar-refractivity contribution in [1.82, 2.24) is 4.90 Å². The molecule has 1 fully saturated rings. The molecule has 21 heavy (non-hydrogen) atoms. The van der Waals surface area contributed by atoms with Crippen LogP contribution in [0.3, 0.4) is 0 Å². The first kappa shape index (κ1) is 15.3. The number of halogens is 3. The first-order valence-corrected chi connectivity index (χ1v) is 6.37. The van der Waals surface area contributed by atoms with E-state index < -0.39 is 18.9 Å². The molecule has 0 saturated carbocycles. The fourth-order valence-corrected chi connectivity index (χ4v) is 2.09. The van der Waals surface area contributed by atoms with Crippen molar-refractivity contribution in [2.75, 3.05) is 37.7 Å². The second-order valence-electron chi connectivity index (χ2n) is 4.66. The number of alkyl halides is 3. The van der Waals surface area contributed by atoms with Crippen molar-refractivity contribution in [1.29, 1.82) is 0 Å². The summed E-state index contributed by atoms with van der Waals surface area (Å²) in [6, 6.07) is 6.37. The zero-order chi connectivity index (χ0) is 15.5. The Morgan fingerprint density at radius 3 is 2.48 bits per heavy atom. The molecular formula is C13H15F3N2O3. The number of rotatable bonds is 3. The fraction of sp³-hybridized carbons (Fsp3) is 0.462. The van der Waals surface area contributed by atoms with Crippen LogP contribution in [0, 0.1) is 0 Å². The highest BCUT2D eigenvalue weighted by Crippen LogP contribution is 2.24. The predicted molar refractivity (Wildman–Crippen MR) is 69.8 cm³/mol. The summed E-state index contributed by atoms with van der Waals surface area (Å²) in [6.07, 6.45) is -5.33. The maximum atomic E-state index is 12.1. The van der Waals surface area contributed by atoms with Crippen LogP contribution in [-0.2, 0) is 0 Å².